The Morgan fingerprint density at radius 2 is 2.30 bits per heavy atom. The van der Waals surface area contributed by atoms with Crippen LogP contribution in [0.15, 0.2) is 18.3 Å². The van der Waals surface area contributed by atoms with Crippen molar-refractivity contribution in [3.63, 3.8) is 0 Å². The first-order chi connectivity index (χ1) is 9.78. The smallest absolute Gasteiger partial charge is 0.213 e. The standard InChI is InChI=1S/C16H24N2O2/c1-3-20-14-10-13(16(14)6-4-7-16)18-11-12-5-8-17-15(9-12)19-2/h5,8-9,13-14,18H,3-4,6-7,10-11H2,1-2H3. The number of aromatic nitrogens is 1. The van der Waals surface area contributed by atoms with Gasteiger partial charge < -0.3 is 14.8 Å². The van der Waals surface area contributed by atoms with Gasteiger partial charge in [0, 0.05) is 36.9 Å². The van der Waals surface area contributed by atoms with E-state index in [2.05, 4.69) is 17.2 Å². The van der Waals surface area contributed by atoms with Crippen LogP contribution in [0.4, 0.5) is 0 Å². The molecule has 1 spiro atoms. The monoisotopic (exact) mass is 276 g/mol. The fraction of sp³-hybridized carbons (Fsp3) is 0.688. The lowest BCUT2D eigenvalue weighted by molar-refractivity contribution is -0.173. The second-order valence-electron chi connectivity index (χ2n) is 5.91. The molecule has 4 heteroatoms. The van der Waals surface area contributed by atoms with Crippen molar-refractivity contribution in [3.8, 4) is 5.88 Å². The van der Waals surface area contributed by atoms with E-state index in [1.165, 1.54) is 24.8 Å². The minimum absolute atomic E-state index is 0.424. The zero-order chi connectivity index (χ0) is 14.0. The summed E-state index contributed by atoms with van der Waals surface area (Å²) >= 11 is 0. The predicted molar refractivity (Wildman–Crippen MR) is 77.7 cm³/mol. The lowest BCUT2D eigenvalue weighted by Gasteiger charge is -2.61. The first-order valence-electron chi connectivity index (χ1n) is 7.62. The van der Waals surface area contributed by atoms with E-state index in [9.17, 15) is 0 Å². The van der Waals surface area contributed by atoms with Crippen LogP contribution in [0.25, 0.3) is 0 Å². The zero-order valence-corrected chi connectivity index (χ0v) is 12.4. The summed E-state index contributed by atoms with van der Waals surface area (Å²) in [6.07, 6.45) is 7.41. The average molecular weight is 276 g/mol. The second-order valence-corrected chi connectivity index (χ2v) is 5.91. The van der Waals surface area contributed by atoms with E-state index in [4.69, 9.17) is 9.47 Å². The van der Waals surface area contributed by atoms with Gasteiger partial charge in [0.05, 0.1) is 13.2 Å². The minimum atomic E-state index is 0.424. The molecule has 1 aromatic heterocycles. The average Bonchev–Trinajstić information content (AvgIpc) is 2.40. The minimum Gasteiger partial charge on any atom is -0.481 e. The molecule has 2 aliphatic rings. The van der Waals surface area contributed by atoms with Crippen LogP contribution in [-0.4, -0.2) is 30.8 Å². The molecule has 1 heterocycles. The maximum absolute atomic E-state index is 5.88. The molecule has 0 saturated heterocycles. The largest absolute Gasteiger partial charge is 0.481 e. The van der Waals surface area contributed by atoms with Crippen molar-refractivity contribution in [1.82, 2.24) is 10.3 Å². The van der Waals surface area contributed by atoms with Gasteiger partial charge in [0.1, 0.15) is 0 Å². The molecule has 4 nitrogen and oxygen atoms in total. The molecule has 0 aliphatic heterocycles. The maximum Gasteiger partial charge on any atom is 0.213 e. The Morgan fingerprint density at radius 3 is 2.95 bits per heavy atom. The van der Waals surface area contributed by atoms with E-state index in [0.717, 1.165) is 19.6 Å². The van der Waals surface area contributed by atoms with Gasteiger partial charge in [-0.1, -0.05) is 6.42 Å². The maximum atomic E-state index is 5.88. The summed E-state index contributed by atoms with van der Waals surface area (Å²) in [5.74, 6) is 0.684. The van der Waals surface area contributed by atoms with E-state index in [1.54, 1.807) is 13.3 Å². The van der Waals surface area contributed by atoms with Crippen molar-refractivity contribution in [1.29, 1.82) is 0 Å². The molecule has 2 unspecified atom stereocenters. The van der Waals surface area contributed by atoms with Crippen molar-refractivity contribution in [3.05, 3.63) is 23.9 Å². The molecule has 2 atom stereocenters. The highest BCUT2D eigenvalue weighted by Gasteiger charge is 2.58. The summed E-state index contributed by atoms with van der Waals surface area (Å²) in [7, 11) is 1.65. The molecule has 1 aromatic rings. The van der Waals surface area contributed by atoms with Gasteiger partial charge in [-0.2, -0.15) is 0 Å². The van der Waals surface area contributed by atoms with Crippen molar-refractivity contribution in [2.75, 3.05) is 13.7 Å². The van der Waals surface area contributed by atoms with E-state index >= 15 is 0 Å². The highest BCUT2D eigenvalue weighted by atomic mass is 16.5. The summed E-state index contributed by atoms with van der Waals surface area (Å²) < 4.78 is 11.0. The van der Waals surface area contributed by atoms with Crippen molar-refractivity contribution < 1.29 is 9.47 Å². The van der Waals surface area contributed by atoms with Crippen molar-refractivity contribution in [2.45, 2.75) is 51.3 Å². The molecule has 2 fully saturated rings. The van der Waals surface area contributed by atoms with Gasteiger partial charge >= 0.3 is 0 Å². The van der Waals surface area contributed by atoms with E-state index in [0.29, 0.717) is 23.4 Å². The van der Waals surface area contributed by atoms with Crippen LogP contribution in [0, 0.1) is 5.41 Å². The number of hydrogen-bond donors (Lipinski definition) is 1. The van der Waals surface area contributed by atoms with E-state index in [-0.39, 0.29) is 0 Å². The number of hydrogen-bond acceptors (Lipinski definition) is 4. The Labute approximate surface area is 120 Å². The van der Waals surface area contributed by atoms with Crippen LogP contribution in [0.3, 0.4) is 0 Å². The van der Waals surface area contributed by atoms with Gasteiger partial charge in [-0.3, -0.25) is 0 Å². The molecule has 0 aromatic carbocycles. The molecule has 2 aliphatic carbocycles. The zero-order valence-electron chi connectivity index (χ0n) is 12.4. The van der Waals surface area contributed by atoms with Gasteiger partial charge in [0.25, 0.3) is 0 Å². The topological polar surface area (TPSA) is 43.4 Å². The van der Waals surface area contributed by atoms with Gasteiger partial charge in [0.2, 0.25) is 5.88 Å². The van der Waals surface area contributed by atoms with E-state index < -0.39 is 0 Å². The lowest BCUT2D eigenvalue weighted by atomic mass is 9.51. The molecule has 0 bridgehead atoms. The molecular formula is C16H24N2O2. The third kappa shape index (κ3) is 2.31. The highest BCUT2D eigenvalue weighted by Crippen LogP contribution is 2.57. The molecule has 110 valence electrons. The summed E-state index contributed by atoms with van der Waals surface area (Å²) in [5, 5.41) is 3.70. The summed E-state index contributed by atoms with van der Waals surface area (Å²) in [4.78, 5) is 4.14. The normalized spacial score (nSPS) is 26.9. The summed E-state index contributed by atoms with van der Waals surface area (Å²) in [6.45, 7) is 3.81. The highest BCUT2D eigenvalue weighted by molar-refractivity contribution is 5.21. The van der Waals surface area contributed by atoms with Gasteiger partial charge in [-0.15, -0.1) is 0 Å². The van der Waals surface area contributed by atoms with Crippen LogP contribution in [0.2, 0.25) is 0 Å². The lowest BCUT2D eigenvalue weighted by Crippen LogP contribution is -2.66. The number of methoxy groups -OCH3 is 1. The number of nitrogens with one attached hydrogen (secondary N) is 1. The fourth-order valence-electron chi connectivity index (χ4n) is 3.64. The van der Waals surface area contributed by atoms with E-state index in [1.807, 2.05) is 12.1 Å². The SMILES string of the molecule is CCOC1CC(NCc2ccnc(OC)c2)C12CCC2. The summed E-state index contributed by atoms with van der Waals surface area (Å²) in [6, 6.07) is 4.65. The Hall–Kier alpha value is -1.13. The summed E-state index contributed by atoms with van der Waals surface area (Å²) in [5.41, 5.74) is 1.65. The number of nitrogens with zero attached hydrogens (tertiary/aromatic N) is 1. The van der Waals surface area contributed by atoms with Gasteiger partial charge in [-0.25, -0.2) is 4.98 Å². The molecule has 0 amide bonds. The third-order valence-corrected chi connectivity index (χ3v) is 5.00. The number of rotatable bonds is 6. The molecule has 3 rings (SSSR count). The number of pyridine rings is 1. The quantitative estimate of drug-likeness (QED) is 0.867. The van der Waals surface area contributed by atoms with Crippen LogP contribution in [-0.2, 0) is 11.3 Å². The fourth-order valence-corrected chi connectivity index (χ4v) is 3.64. The first kappa shape index (κ1) is 13.8. The predicted octanol–water partition coefficient (Wildman–Crippen LogP) is 2.53. The third-order valence-electron chi connectivity index (χ3n) is 5.00. The van der Waals surface area contributed by atoms with Gasteiger partial charge in [0.15, 0.2) is 0 Å². The number of ether oxygens (including phenoxy) is 2. The molecule has 2 saturated carbocycles. The van der Waals surface area contributed by atoms with Crippen molar-refractivity contribution in [2.24, 2.45) is 5.41 Å². The van der Waals surface area contributed by atoms with Gasteiger partial charge in [-0.05, 0) is 37.8 Å². The Morgan fingerprint density at radius 1 is 1.45 bits per heavy atom. The molecule has 1 N–H and O–H groups in total. The van der Waals surface area contributed by atoms with Crippen LogP contribution in [0.1, 0.15) is 38.2 Å². The molecular weight excluding hydrogens is 252 g/mol. The first-order valence-corrected chi connectivity index (χ1v) is 7.62. The Balaban J connectivity index is 1.56. The molecule has 0 radical (unpaired) electrons. The second kappa shape index (κ2) is 5.70. The molecule has 20 heavy (non-hydrogen) atoms. The van der Waals surface area contributed by atoms with Crippen LogP contribution in [0.5, 0.6) is 5.88 Å². The van der Waals surface area contributed by atoms with Crippen molar-refractivity contribution >= 4 is 0 Å². The Bertz CT molecular complexity index is 460. The van der Waals surface area contributed by atoms with Crippen LogP contribution >= 0.6 is 0 Å². The Kier molecular flexibility index (Phi) is 3.94. The van der Waals surface area contributed by atoms with Crippen LogP contribution < -0.4 is 10.1 Å².